The standard InChI is InChI=1S/C18H27NO5S2/c1-3-24-18-10-9-16(11-14(18)2)26(22,23)19-12-17(13-19)25(20,21)15-7-5-4-6-8-15/h9-11,15,17H,3-8,12-13H2,1-2H3. The second-order valence-electron chi connectivity index (χ2n) is 7.15. The lowest BCUT2D eigenvalue weighted by Gasteiger charge is -2.39. The van der Waals surface area contributed by atoms with Crippen LogP contribution in [-0.2, 0) is 19.9 Å². The molecule has 0 unspecified atom stereocenters. The molecule has 26 heavy (non-hydrogen) atoms. The first kappa shape index (κ1) is 19.6. The molecule has 1 aromatic rings. The van der Waals surface area contributed by atoms with Gasteiger partial charge in [-0.05, 0) is 50.5 Å². The molecule has 2 fully saturated rings. The molecule has 0 bridgehead atoms. The zero-order valence-electron chi connectivity index (χ0n) is 15.3. The minimum atomic E-state index is -3.67. The lowest BCUT2D eigenvalue weighted by atomic mass is 10.0. The maximum Gasteiger partial charge on any atom is 0.243 e. The highest BCUT2D eigenvalue weighted by molar-refractivity contribution is 7.93. The molecule has 2 aliphatic rings. The third-order valence-corrected chi connectivity index (χ3v) is 9.84. The van der Waals surface area contributed by atoms with E-state index in [1.54, 1.807) is 19.1 Å². The molecule has 0 amide bonds. The van der Waals surface area contributed by atoms with E-state index in [9.17, 15) is 16.8 Å². The Hall–Kier alpha value is -1.12. The normalized spacial score (nSPS) is 20.7. The van der Waals surface area contributed by atoms with Crippen molar-refractivity contribution in [2.45, 2.75) is 61.3 Å². The lowest BCUT2D eigenvalue weighted by Crippen LogP contribution is -2.58. The van der Waals surface area contributed by atoms with Gasteiger partial charge in [-0.2, -0.15) is 4.31 Å². The number of sulfonamides is 1. The Morgan fingerprint density at radius 3 is 2.27 bits per heavy atom. The monoisotopic (exact) mass is 401 g/mol. The minimum absolute atomic E-state index is 0.0629. The van der Waals surface area contributed by atoms with Crippen LogP contribution >= 0.6 is 0 Å². The highest BCUT2D eigenvalue weighted by Gasteiger charge is 2.46. The molecule has 146 valence electrons. The van der Waals surface area contributed by atoms with E-state index in [2.05, 4.69) is 0 Å². The molecular formula is C18H27NO5S2. The number of aryl methyl sites for hydroxylation is 1. The third-order valence-electron chi connectivity index (χ3n) is 5.38. The van der Waals surface area contributed by atoms with Crippen LogP contribution in [0.3, 0.4) is 0 Å². The van der Waals surface area contributed by atoms with Crippen LogP contribution in [0.1, 0.15) is 44.6 Å². The first-order chi connectivity index (χ1) is 12.3. The van der Waals surface area contributed by atoms with Crippen LogP contribution in [-0.4, -0.2) is 51.3 Å². The van der Waals surface area contributed by atoms with Crippen LogP contribution in [0.15, 0.2) is 23.1 Å². The molecular weight excluding hydrogens is 374 g/mol. The molecule has 0 aromatic heterocycles. The van der Waals surface area contributed by atoms with Crippen LogP contribution in [0.5, 0.6) is 5.75 Å². The summed E-state index contributed by atoms with van der Waals surface area (Å²) >= 11 is 0. The predicted molar refractivity (Wildman–Crippen MR) is 101 cm³/mol. The SMILES string of the molecule is CCOc1ccc(S(=O)(=O)N2CC(S(=O)(=O)C3CCCCC3)C2)cc1C. The summed E-state index contributed by atoms with van der Waals surface area (Å²) in [7, 11) is -6.92. The molecule has 1 saturated heterocycles. The summed E-state index contributed by atoms with van der Waals surface area (Å²) < 4.78 is 57.7. The van der Waals surface area contributed by atoms with Crippen LogP contribution in [0, 0.1) is 6.92 Å². The summed E-state index contributed by atoms with van der Waals surface area (Å²) in [6.07, 6.45) is 4.41. The van der Waals surface area contributed by atoms with Crippen LogP contribution in [0.2, 0.25) is 0 Å². The van der Waals surface area contributed by atoms with Gasteiger partial charge < -0.3 is 4.74 Å². The van der Waals surface area contributed by atoms with Crippen molar-refractivity contribution in [3.8, 4) is 5.75 Å². The van der Waals surface area contributed by atoms with Gasteiger partial charge in [-0.15, -0.1) is 0 Å². The Kier molecular flexibility index (Phi) is 5.65. The predicted octanol–water partition coefficient (Wildman–Crippen LogP) is 2.51. The molecule has 0 spiro atoms. The summed E-state index contributed by atoms with van der Waals surface area (Å²) in [5.74, 6) is 0.660. The molecule has 1 heterocycles. The quantitative estimate of drug-likeness (QED) is 0.732. The highest BCUT2D eigenvalue weighted by atomic mass is 32.2. The Morgan fingerprint density at radius 2 is 1.69 bits per heavy atom. The number of sulfone groups is 1. The molecule has 6 nitrogen and oxygen atoms in total. The minimum Gasteiger partial charge on any atom is -0.494 e. The highest BCUT2D eigenvalue weighted by Crippen LogP contribution is 2.33. The largest absolute Gasteiger partial charge is 0.494 e. The Bertz CT molecular complexity index is 852. The zero-order valence-corrected chi connectivity index (χ0v) is 17.0. The Morgan fingerprint density at radius 1 is 1.04 bits per heavy atom. The number of nitrogens with zero attached hydrogens (tertiary/aromatic N) is 1. The van der Waals surface area contributed by atoms with E-state index in [0.717, 1.165) is 24.8 Å². The summed E-state index contributed by atoms with van der Waals surface area (Å²) in [6, 6.07) is 4.77. The van der Waals surface area contributed by atoms with Crippen molar-refractivity contribution in [1.82, 2.24) is 4.31 Å². The smallest absolute Gasteiger partial charge is 0.243 e. The van der Waals surface area contributed by atoms with E-state index < -0.39 is 25.1 Å². The molecule has 1 aromatic carbocycles. The lowest BCUT2D eigenvalue weighted by molar-refractivity contribution is 0.306. The topological polar surface area (TPSA) is 80.8 Å². The van der Waals surface area contributed by atoms with Crippen molar-refractivity contribution in [3.05, 3.63) is 23.8 Å². The van der Waals surface area contributed by atoms with E-state index in [1.165, 1.54) is 10.4 Å². The summed E-state index contributed by atoms with van der Waals surface area (Å²) in [6.45, 7) is 4.31. The second kappa shape index (κ2) is 7.48. The van der Waals surface area contributed by atoms with Crippen molar-refractivity contribution >= 4 is 19.9 Å². The molecule has 0 N–H and O–H groups in total. The van der Waals surface area contributed by atoms with Crippen LogP contribution < -0.4 is 4.74 Å². The Balaban J connectivity index is 1.70. The average Bonchev–Trinajstić information content (AvgIpc) is 2.55. The van der Waals surface area contributed by atoms with Gasteiger partial charge in [0.25, 0.3) is 0 Å². The third kappa shape index (κ3) is 3.64. The van der Waals surface area contributed by atoms with Crippen LogP contribution in [0.4, 0.5) is 0 Å². The van der Waals surface area contributed by atoms with Gasteiger partial charge in [0.15, 0.2) is 9.84 Å². The molecule has 8 heteroatoms. The van der Waals surface area contributed by atoms with Crippen molar-refractivity contribution < 1.29 is 21.6 Å². The van der Waals surface area contributed by atoms with Crippen molar-refractivity contribution in [2.75, 3.05) is 19.7 Å². The molecule has 1 saturated carbocycles. The Labute approximate surface area is 156 Å². The van der Waals surface area contributed by atoms with E-state index >= 15 is 0 Å². The first-order valence-electron chi connectivity index (χ1n) is 9.23. The van der Waals surface area contributed by atoms with Crippen molar-refractivity contribution in [1.29, 1.82) is 0 Å². The van der Waals surface area contributed by atoms with Gasteiger partial charge in [0.1, 0.15) is 5.75 Å². The zero-order chi connectivity index (χ0) is 18.9. The molecule has 1 aliphatic carbocycles. The van der Waals surface area contributed by atoms with Crippen molar-refractivity contribution in [3.63, 3.8) is 0 Å². The molecule has 0 radical (unpaired) electrons. The van der Waals surface area contributed by atoms with E-state index in [1.807, 2.05) is 6.92 Å². The number of hydrogen-bond donors (Lipinski definition) is 0. The number of hydrogen-bond acceptors (Lipinski definition) is 5. The van der Waals surface area contributed by atoms with Gasteiger partial charge in [-0.1, -0.05) is 19.3 Å². The molecule has 1 aliphatic heterocycles. The van der Waals surface area contributed by atoms with Gasteiger partial charge in [-0.3, -0.25) is 0 Å². The molecule has 3 rings (SSSR count). The maximum absolute atomic E-state index is 12.8. The van der Waals surface area contributed by atoms with Crippen molar-refractivity contribution in [2.24, 2.45) is 0 Å². The summed E-state index contributed by atoms with van der Waals surface area (Å²) in [5, 5.41) is -0.858. The van der Waals surface area contributed by atoms with Gasteiger partial charge in [0, 0.05) is 13.1 Å². The van der Waals surface area contributed by atoms with E-state index in [0.29, 0.717) is 25.2 Å². The van der Waals surface area contributed by atoms with Gasteiger partial charge in [-0.25, -0.2) is 16.8 Å². The maximum atomic E-state index is 12.8. The molecule has 0 atom stereocenters. The van der Waals surface area contributed by atoms with E-state index in [-0.39, 0.29) is 23.2 Å². The number of benzene rings is 1. The first-order valence-corrected chi connectivity index (χ1v) is 12.3. The summed E-state index contributed by atoms with van der Waals surface area (Å²) in [4.78, 5) is 0.187. The van der Waals surface area contributed by atoms with Crippen LogP contribution in [0.25, 0.3) is 0 Å². The van der Waals surface area contributed by atoms with Gasteiger partial charge in [0.2, 0.25) is 10.0 Å². The number of ether oxygens (including phenoxy) is 1. The summed E-state index contributed by atoms with van der Waals surface area (Å²) in [5.41, 5.74) is 0.750. The van der Waals surface area contributed by atoms with Gasteiger partial charge in [0.05, 0.1) is 22.0 Å². The number of rotatable bonds is 6. The van der Waals surface area contributed by atoms with E-state index in [4.69, 9.17) is 4.74 Å². The fraction of sp³-hybridized carbons (Fsp3) is 0.667. The van der Waals surface area contributed by atoms with Gasteiger partial charge >= 0.3 is 0 Å². The fourth-order valence-electron chi connectivity index (χ4n) is 3.72. The second-order valence-corrected chi connectivity index (χ2v) is 11.6. The fourth-order valence-corrected chi connectivity index (χ4v) is 7.83. The average molecular weight is 402 g/mol.